The standard InChI is InChI=1S/C14H14N2O4S/c1-20-8-4-5-9(10(15)7-8)13(17)16-12(14(18)19)11-3-2-6-21-11/h2-7,12H,15H2,1H3,(H,16,17)(H,18,19). The van der Waals surface area contributed by atoms with E-state index in [-0.39, 0.29) is 11.3 Å². The number of amides is 1. The first kappa shape index (κ1) is 14.9. The number of carbonyl (C=O) groups is 2. The van der Waals surface area contributed by atoms with Crippen molar-refractivity contribution in [2.45, 2.75) is 6.04 Å². The molecule has 2 aromatic rings. The van der Waals surface area contributed by atoms with Crippen LogP contribution in [0.2, 0.25) is 0 Å². The molecule has 0 aliphatic rings. The van der Waals surface area contributed by atoms with Crippen LogP contribution in [0.4, 0.5) is 5.69 Å². The van der Waals surface area contributed by atoms with Crippen molar-refractivity contribution in [3.05, 3.63) is 46.2 Å². The SMILES string of the molecule is COc1ccc(C(=O)NC(C(=O)O)c2cccs2)c(N)c1. The summed E-state index contributed by atoms with van der Waals surface area (Å²) in [4.78, 5) is 24.0. The summed E-state index contributed by atoms with van der Waals surface area (Å²) in [5.41, 5.74) is 6.21. The number of benzene rings is 1. The lowest BCUT2D eigenvalue weighted by atomic mass is 10.1. The van der Waals surface area contributed by atoms with Crippen LogP contribution in [0.3, 0.4) is 0 Å². The molecule has 0 saturated carbocycles. The minimum atomic E-state index is -1.13. The molecular weight excluding hydrogens is 292 g/mol. The van der Waals surface area contributed by atoms with Crippen molar-refractivity contribution in [2.24, 2.45) is 0 Å². The monoisotopic (exact) mass is 306 g/mol. The maximum Gasteiger partial charge on any atom is 0.331 e. The number of ether oxygens (including phenoxy) is 1. The quantitative estimate of drug-likeness (QED) is 0.732. The smallest absolute Gasteiger partial charge is 0.331 e. The molecule has 110 valence electrons. The molecule has 1 atom stereocenters. The minimum absolute atomic E-state index is 0.207. The predicted octanol–water partition coefficient (Wildman–Crippen LogP) is 1.89. The Morgan fingerprint density at radius 2 is 2.14 bits per heavy atom. The van der Waals surface area contributed by atoms with Gasteiger partial charge in [-0.1, -0.05) is 6.07 Å². The molecule has 6 nitrogen and oxygen atoms in total. The van der Waals surface area contributed by atoms with Crippen LogP contribution in [0.25, 0.3) is 0 Å². The summed E-state index contributed by atoms with van der Waals surface area (Å²) in [6.45, 7) is 0. The van der Waals surface area contributed by atoms with E-state index >= 15 is 0 Å². The van der Waals surface area contributed by atoms with E-state index in [1.165, 1.54) is 30.6 Å². The number of carbonyl (C=O) groups excluding carboxylic acids is 1. The highest BCUT2D eigenvalue weighted by Crippen LogP contribution is 2.23. The number of nitrogens with two attached hydrogens (primary N) is 1. The molecule has 0 saturated heterocycles. The third-order valence-corrected chi connectivity index (χ3v) is 3.79. The van der Waals surface area contributed by atoms with Crippen LogP contribution in [-0.4, -0.2) is 24.1 Å². The van der Waals surface area contributed by atoms with Crippen molar-refractivity contribution in [1.29, 1.82) is 0 Å². The van der Waals surface area contributed by atoms with Gasteiger partial charge in [0.1, 0.15) is 5.75 Å². The Kier molecular flexibility index (Phi) is 4.44. The number of thiophene rings is 1. The lowest BCUT2D eigenvalue weighted by Gasteiger charge is -2.14. The van der Waals surface area contributed by atoms with E-state index in [1.807, 2.05) is 0 Å². The lowest BCUT2D eigenvalue weighted by molar-refractivity contribution is -0.139. The average Bonchev–Trinajstić information content (AvgIpc) is 2.97. The highest BCUT2D eigenvalue weighted by atomic mass is 32.1. The summed E-state index contributed by atoms with van der Waals surface area (Å²) in [6.07, 6.45) is 0. The van der Waals surface area contributed by atoms with Crippen LogP contribution in [-0.2, 0) is 4.79 Å². The Labute approximate surface area is 125 Å². The number of nitrogen functional groups attached to an aromatic ring is 1. The van der Waals surface area contributed by atoms with Crippen LogP contribution in [0.1, 0.15) is 21.3 Å². The summed E-state index contributed by atoms with van der Waals surface area (Å²) in [5, 5.41) is 13.4. The van der Waals surface area contributed by atoms with E-state index in [2.05, 4.69) is 5.32 Å². The first-order chi connectivity index (χ1) is 10.0. The van der Waals surface area contributed by atoms with Gasteiger partial charge in [0.05, 0.1) is 12.7 Å². The number of carboxylic acid groups (broad SMARTS) is 1. The molecule has 1 aromatic heterocycles. The fraction of sp³-hybridized carbons (Fsp3) is 0.143. The van der Waals surface area contributed by atoms with E-state index in [0.717, 1.165) is 0 Å². The molecular formula is C14H14N2O4S. The van der Waals surface area contributed by atoms with Gasteiger partial charge in [0.2, 0.25) is 0 Å². The van der Waals surface area contributed by atoms with Crippen molar-refractivity contribution < 1.29 is 19.4 Å². The van der Waals surface area contributed by atoms with Gasteiger partial charge in [-0.2, -0.15) is 0 Å². The fourth-order valence-electron chi connectivity index (χ4n) is 1.79. The normalized spacial score (nSPS) is 11.7. The van der Waals surface area contributed by atoms with Gasteiger partial charge >= 0.3 is 5.97 Å². The Morgan fingerprint density at radius 1 is 1.38 bits per heavy atom. The number of aliphatic carboxylic acids is 1. The first-order valence-electron chi connectivity index (χ1n) is 6.03. The molecule has 0 bridgehead atoms. The first-order valence-corrected chi connectivity index (χ1v) is 6.91. The molecule has 0 radical (unpaired) electrons. The number of methoxy groups -OCH3 is 1. The van der Waals surface area contributed by atoms with E-state index in [4.69, 9.17) is 10.5 Å². The van der Waals surface area contributed by atoms with Crippen molar-refractivity contribution in [3.8, 4) is 5.75 Å². The molecule has 21 heavy (non-hydrogen) atoms. The molecule has 2 rings (SSSR count). The number of carboxylic acids is 1. The van der Waals surface area contributed by atoms with E-state index in [0.29, 0.717) is 10.6 Å². The van der Waals surface area contributed by atoms with Crippen molar-refractivity contribution in [2.75, 3.05) is 12.8 Å². The van der Waals surface area contributed by atoms with Gasteiger partial charge in [-0.05, 0) is 23.6 Å². The zero-order valence-corrected chi connectivity index (χ0v) is 12.0. The summed E-state index contributed by atoms with van der Waals surface area (Å²) < 4.78 is 5.00. The zero-order valence-electron chi connectivity index (χ0n) is 11.2. The highest BCUT2D eigenvalue weighted by molar-refractivity contribution is 7.10. The molecule has 1 amide bonds. The van der Waals surface area contributed by atoms with Gasteiger partial charge in [-0.3, -0.25) is 4.79 Å². The molecule has 0 aliphatic heterocycles. The summed E-state index contributed by atoms with van der Waals surface area (Å²) >= 11 is 1.26. The number of anilines is 1. The Hall–Kier alpha value is -2.54. The molecule has 4 N–H and O–H groups in total. The maximum atomic E-state index is 12.2. The predicted molar refractivity (Wildman–Crippen MR) is 79.6 cm³/mol. The van der Waals surface area contributed by atoms with Crippen LogP contribution in [0.15, 0.2) is 35.7 Å². The van der Waals surface area contributed by atoms with Gasteiger partial charge in [-0.15, -0.1) is 11.3 Å². The average molecular weight is 306 g/mol. The second-order valence-corrected chi connectivity index (χ2v) is 5.19. The van der Waals surface area contributed by atoms with Crippen molar-refractivity contribution in [3.63, 3.8) is 0 Å². The Bertz CT molecular complexity index is 655. The summed E-state index contributed by atoms with van der Waals surface area (Å²) in [5.74, 6) is -1.15. The molecule has 0 fully saturated rings. The molecule has 0 spiro atoms. The van der Waals surface area contributed by atoms with Crippen molar-refractivity contribution in [1.82, 2.24) is 5.32 Å². The number of hydrogen-bond donors (Lipinski definition) is 3. The van der Waals surface area contributed by atoms with E-state index in [9.17, 15) is 14.7 Å². The third kappa shape index (κ3) is 3.32. The number of hydrogen-bond acceptors (Lipinski definition) is 5. The zero-order chi connectivity index (χ0) is 15.4. The van der Waals surface area contributed by atoms with Crippen LogP contribution >= 0.6 is 11.3 Å². The Morgan fingerprint density at radius 3 is 2.67 bits per heavy atom. The largest absolute Gasteiger partial charge is 0.497 e. The van der Waals surface area contributed by atoms with Crippen LogP contribution in [0.5, 0.6) is 5.75 Å². The van der Waals surface area contributed by atoms with Crippen molar-refractivity contribution >= 4 is 28.9 Å². The Balaban J connectivity index is 2.22. The van der Waals surface area contributed by atoms with Crippen LogP contribution in [0, 0.1) is 0 Å². The van der Waals surface area contributed by atoms with Gasteiger partial charge in [0, 0.05) is 16.6 Å². The molecule has 1 aromatic carbocycles. The van der Waals surface area contributed by atoms with Gasteiger partial charge < -0.3 is 20.9 Å². The van der Waals surface area contributed by atoms with Gasteiger partial charge in [-0.25, -0.2) is 4.79 Å². The second kappa shape index (κ2) is 6.27. The maximum absolute atomic E-state index is 12.2. The van der Waals surface area contributed by atoms with E-state index in [1.54, 1.807) is 23.6 Å². The van der Waals surface area contributed by atoms with Gasteiger partial charge in [0.25, 0.3) is 5.91 Å². The second-order valence-electron chi connectivity index (χ2n) is 4.21. The summed E-state index contributed by atoms with van der Waals surface area (Å²) in [6, 6.07) is 6.88. The molecule has 1 heterocycles. The van der Waals surface area contributed by atoms with Crippen LogP contribution < -0.4 is 15.8 Å². The fourth-order valence-corrected chi connectivity index (χ4v) is 2.56. The lowest BCUT2D eigenvalue weighted by Crippen LogP contribution is -2.33. The highest BCUT2D eigenvalue weighted by Gasteiger charge is 2.24. The summed E-state index contributed by atoms with van der Waals surface area (Å²) in [7, 11) is 1.49. The number of nitrogens with one attached hydrogen (secondary N) is 1. The van der Waals surface area contributed by atoms with E-state index < -0.39 is 17.9 Å². The minimum Gasteiger partial charge on any atom is -0.497 e. The molecule has 7 heteroatoms. The topological polar surface area (TPSA) is 102 Å². The number of rotatable bonds is 5. The molecule has 0 aliphatic carbocycles. The third-order valence-electron chi connectivity index (χ3n) is 2.85. The van der Waals surface area contributed by atoms with Gasteiger partial charge in [0.15, 0.2) is 6.04 Å². The molecule has 1 unspecified atom stereocenters.